The van der Waals surface area contributed by atoms with Crippen LogP contribution in [0.2, 0.25) is 0 Å². The fourth-order valence-corrected chi connectivity index (χ4v) is 9.15. The molecule has 6 aromatic rings. The second kappa shape index (κ2) is 13.2. The minimum Gasteiger partial charge on any atom is -0.351 e. The molecule has 4 heterocycles. The lowest BCUT2D eigenvalue weighted by molar-refractivity contribution is -0.119. The zero-order valence-corrected chi connectivity index (χ0v) is 28.5. The molecule has 3 aromatic carbocycles. The van der Waals surface area contributed by atoms with E-state index in [0.29, 0.717) is 51.9 Å². The number of fused-ring (bicyclic) bond motifs is 2. The van der Waals surface area contributed by atoms with Crippen LogP contribution in [-0.4, -0.2) is 56.4 Å². The van der Waals surface area contributed by atoms with Crippen molar-refractivity contribution in [3.8, 4) is 22.3 Å². The lowest BCUT2D eigenvalue weighted by Gasteiger charge is -2.28. The first kappa shape index (κ1) is 33.3. The number of rotatable bonds is 7. The Hall–Kier alpha value is -5.25. The average Bonchev–Trinajstić information content (AvgIpc) is 3.51. The molecular formula is C35H32FN7O5S2. The number of nitrogens with two attached hydrogens (primary N) is 1. The number of primary amides is 1. The number of nitrogens with one attached hydrogen (secondary N) is 1. The van der Waals surface area contributed by atoms with Gasteiger partial charge in [-0.2, -0.15) is 4.31 Å². The van der Waals surface area contributed by atoms with Gasteiger partial charge in [-0.1, -0.05) is 49.2 Å². The highest BCUT2D eigenvalue weighted by atomic mass is 32.2. The van der Waals surface area contributed by atoms with Gasteiger partial charge in [0.1, 0.15) is 17.7 Å². The van der Waals surface area contributed by atoms with Gasteiger partial charge >= 0.3 is 11.7 Å². The van der Waals surface area contributed by atoms with E-state index in [0.717, 1.165) is 19.0 Å². The molecule has 2 amide bonds. The van der Waals surface area contributed by atoms with Gasteiger partial charge < -0.3 is 11.1 Å². The summed E-state index contributed by atoms with van der Waals surface area (Å²) in [5, 5.41) is 5.40. The summed E-state index contributed by atoms with van der Waals surface area (Å²) in [6.07, 6.45) is 5.11. The third-order valence-corrected chi connectivity index (χ3v) is 11.6. The molecule has 1 atom stereocenters. The summed E-state index contributed by atoms with van der Waals surface area (Å²) in [6.45, 7) is 1.75. The van der Waals surface area contributed by atoms with E-state index < -0.39 is 45.4 Å². The summed E-state index contributed by atoms with van der Waals surface area (Å²) in [5.41, 5.74) is 7.05. The normalized spacial score (nSPS) is 15.7. The Morgan fingerprint density at radius 3 is 2.54 bits per heavy atom. The van der Waals surface area contributed by atoms with Gasteiger partial charge in [-0.15, -0.1) is 11.3 Å². The lowest BCUT2D eigenvalue weighted by Crippen LogP contribution is -2.48. The molecule has 0 spiro atoms. The number of aromatic nitrogens is 4. The topological polar surface area (TPSA) is 162 Å². The monoisotopic (exact) mass is 713 g/mol. The van der Waals surface area contributed by atoms with E-state index in [9.17, 15) is 22.8 Å². The van der Waals surface area contributed by atoms with E-state index in [2.05, 4.69) is 15.3 Å². The van der Waals surface area contributed by atoms with Crippen LogP contribution in [0.15, 0.2) is 83.2 Å². The summed E-state index contributed by atoms with van der Waals surface area (Å²) in [4.78, 5) is 48.2. The van der Waals surface area contributed by atoms with Crippen LogP contribution >= 0.6 is 11.3 Å². The number of benzene rings is 3. The minimum atomic E-state index is -4.36. The summed E-state index contributed by atoms with van der Waals surface area (Å²) in [5.74, 6) is -1.60. The molecule has 1 aliphatic heterocycles. The largest absolute Gasteiger partial charge is 0.351 e. The molecule has 1 unspecified atom stereocenters. The average molecular weight is 714 g/mol. The van der Waals surface area contributed by atoms with Crippen molar-refractivity contribution < 1.29 is 22.4 Å². The summed E-state index contributed by atoms with van der Waals surface area (Å²) in [6, 6.07) is 14.8. The van der Waals surface area contributed by atoms with Crippen LogP contribution < -0.4 is 16.7 Å². The second-order valence-corrected chi connectivity index (χ2v) is 14.9. The van der Waals surface area contributed by atoms with Crippen LogP contribution in [-0.2, 0) is 20.7 Å². The quantitative estimate of drug-likeness (QED) is 0.215. The van der Waals surface area contributed by atoms with E-state index in [1.807, 2.05) is 29.6 Å². The van der Waals surface area contributed by atoms with Crippen LogP contribution in [0.25, 0.3) is 43.4 Å². The summed E-state index contributed by atoms with van der Waals surface area (Å²) in [7, 11) is -4.36. The Kier molecular flexibility index (Phi) is 8.80. The van der Waals surface area contributed by atoms with E-state index in [1.165, 1.54) is 23.5 Å². The number of halogens is 1. The summed E-state index contributed by atoms with van der Waals surface area (Å²) >= 11 is 1.49. The first-order valence-corrected chi connectivity index (χ1v) is 18.4. The fraction of sp³-hybridized carbons (Fsp3) is 0.229. The minimum absolute atomic E-state index is 0.0185. The Labute approximate surface area is 290 Å². The molecule has 50 heavy (non-hydrogen) atoms. The van der Waals surface area contributed by atoms with Gasteiger partial charge in [0.15, 0.2) is 5.82 Å². The lowest BCUT2D eigenvalue weighted by atomic mass is 10.0. The molecule has 1 fully saturated rings. The predicted molar refractivity (Wildman–Crippen MR) is 191 cm³/mol. The van der Waals surface area contributed by atoms with Crippen molar-refractivity contribution in [2.24, 2.45) is 5.73 Å². The number of anilines is 1. The third kappa shape index (κ3) is 6.08. The maximum atomic E-state index is 16.0. The molecule has 12 nitrogen and oxygen atoms in total. The highest BCUT2D eigenvalue weighted by Gasteiger charge is 2.37. The van der Waals surface area contributed by atoms with Crippen molar-refractivity contribution >= 4 is 60.1 Å². The molecule has 0 radical (unpaired) electrons. The molecule has 3 aromatic heterocycles. The van der Waals surface area contributed by atoms with E-state index >= 15 is 4.39 Å². The van der Waals surface area contributed by atoms with Crippen molar-refractivity contribution in [1.29, 1.82) is 0 Å². The van der Waals surface area contributed by atoms with Gasteiger partial charge in [0.05, 0.1) is 16.7 Å². The zero-order chi connectivity index (χ0) is 35.2. The number of hydrogen-bond donors (Lipinski definition) is 2. The van der Waals surface area contributed by atoms with E-state index in [4.69, 9.17) is 5.73 Å². The van der Waals surface area contributed by atoms with Crippen LogP contribution in [0.1, 0.15) is 31.5 Å². The van der Waals surface area contributed by atoms with Crippen LogP contribution in [0.3, 0.4) is 0 Å². The molecule has 1 aliphatic rings. The molecule has 256 valence electrons. The molecule has 0 aliphatic carbocycles. The number of imidazole rings is 1. The molecule has 7 rings (SSSR count). The second-order valence-electron chi connectivity index (χ2n) is 12.1. The van der Waals surface area contributed by atoms with E-state index in [1.54, 1.807) is 43.6 Å². The van der Waals surface area contributed by atoms with Crippen molar-refractivity contribution in [1.82, 2.24) is 23.4 Å². The van der Waals surface area contributed by atoms with Crippen molar-refractivity contribution in [3.05, 3.63) is 101 Å². The fourth-order valence-electron chi connectivity index (χ4n) is 6.47. The number of carbonyl (C=O) groups is 2. The van der Waals surface area contributed by atoms with Gasteiger partial charge in [-0.05, 0) is 55.0 Å². The third-order valence-electron chi connectivity index (χ3n) is 8.95. The highest BCUT2D eigenvalue weighted by Crippen LogP contribution is 2.37. The molecule has 0 bridgehead atoms. The number of nitrogens with zero attached hydrogens (tertiary/aromatic N) is 5. The number of hydrogen-bond acceptors (Lipinski definition) is 8. The Balaban J connectivity index is 1.20. The summed E-state index contributed by atoms with van der Waals surface area (Å²) < 4.78 is 48.0. The Bertz CT molecular complexity index is 2460. The van der Waals surface area contributed by atoms with E-state index in [-0.39, 0.29) is 29.7 Å². The number of thiophene rings is 1. The first-order valence-electron chi connectivity index (χ1n) is 15.9. The van der Waals surface area contributed by atoms with Crippen molar-refractivity contribution in [2.75, 3.05) is 11.9 Å². The first-order chi connectivity index (χ1) is 24.0. The van der Waals surface area contributed by atoms with Crippen LogP contribution in [0, 0.1) is 12.7 Å². The van der Waals surface area contributed by atoms with Gasteiger partial charge in [0.25, 0.3) is 0 Å². The zero-order valence-electron chi connectivity index (χ0n) is 26.9. The van der Waals surface area contributed by atoms with Crippen molar-refractivity contribution in [3.63, 3.8) is 0 Å². The number of aryl methyl sites for hydroxylation is 1. The molecule has 0 saturated carbocycles. The highest BCUT2D eigenvalue weighted by molar-refractivity contribution is 7.88. The van der Waals surface area contributed by atoms with Gasteiger partial charge in [0, 0.05) is 45.7 Å². The van der Waals surface area contributed by atoms with Crippen LogP contribution in [0.5, 0.6) is 0 Å². The Morgan fingerprint density at radius 1 is 0.980 bits per heavy atom. The number of amides is 2. The maximum Gasteiger partial charge on any atom is 0.338 e. The Morgan fingerprint density at radius 2 is 1.76 bits per heavy atom. The van der Waals surface area contributed by atoms with Crippen molar-refractivity contribution in [2.45, 2.75) is 44.5 Å². The van der Waals surface area contributed by atoms with Crippen LogP contribution in [0.4, 0.5) is 14.9 Å². The van der Waals surface area contributed by atoms with Gasteiger partial charge in [-0.25, -0.2) is 36.9 Å². The molecule has 1 saturated heterocycles. The number of sulfonamides is 1. The molecular weight excluding hydrogens is 682 g/mol. The smallest absolute Gasteiger partial charge is 0.338 e. The SMILES string of the molecule is Cc1ncc(-c2ccc3c(c2)n(C(N)=O)c(=O)n3CS(=O)(=O)N2CCCCCC2C(=O)Nc2cccc(-c3csc4ccccc34)c2F)cn1. The standard InChI is InChI=1S/C35H32FN7O5S2/c1-21-38-17-23(18-39-21)22-13-14-28-30(16-22)43(34(37)45)35(46)41(28)20-50(47,48)42-15-6-2-3-11-29(42)33(44)40-27-10-7-9-25(32(27)36)26-19-49-31-12-5-4-8-24(26)31/h4-5,7-10,12-14,16-19,29H,2-3,6,11,15,20H2,1H3,(H2,37,45)(H,40,44). The van der Waals surface area contributed by atoms with Gasteiger partial charge in [0.2, 0.25) is 15.9 Å². The molecule has 3 N–H and O–H groups in total. The molecule has 15 heteroatoms. The number of carbonyl (C=O) groups excluding carboxylic acids is 2. The van der Waals surface area contributed by atoms with Gasteiger partial charge in [-0.3, -0.25) is 9.36 Å². The predicted octanol–water partition coefficient (Wildman–Crippen LogP) is 5.69. The maximum absolute atomic E-state index is 16.0.